The maximum Gasteiger partial charge on any atom is 0.242 e. The normalized spacial score (nSPS) is 11.6. The van der Waals surface area contributed by atoms with E-state index in [1.165, 1.54) is 11.8 Å². The first-order valence-electron chi connectivity index (χ1n) is 8.22. The van der Waals surface area contributed by atoms with Crippen LogP contribution in [0.25, 0.3) is 0 Å². The van der Waals surface area contributed by atoms with E-state index in [1.54, 1.807) is 49.6 Å². The Morgan fingerprint density at radius 3 is 2.41 bits per heavy atom. The monoisotopic (exact) mass is 399 g/mol. The van der Waals surface area contributed by atoms with Crippen LogP contribution in [0.5, 0.6) is 11.5 Å². The number of aromatic hydroxyl groups is 1. The molecule has 0 saturated heterocycles. The second-order valence-electron chi connectivity index (χ2n) is 5.74. The van der Waals surface area contributed by atoms with Gasteiger partial charge in [0, 0.05) is 10.6 Å². The molecule has 138 valence electrons. The van der Waals surface area contributed by atoms with E-state index in [1.807, 2.05) is 30.3 Å². The van der Waals surface area contributed by atoms with Gasteiger partial charge in [-0.2, -0.15) is 0 Å². The first-order chi connectivity index (χ1) is 13.1. The van der Waals surface area contributed by atoms with E-state index >= 15 is 0 Å². The fraction of sp³-hybridized carbons (Fsp3) is 0.0952. The molecule has 0 aliphatic carbocycles. The van der Waals surface area contributed by atoms with E-state index in [9.17, 15) is 9.90 Å². The van der Waals surface area contributed by atoms with Crippen molar-refractivity contribution in [1.82, 2.24) is 0 Å². The van der Waals surface area contributed by atoms with E-state index < -0.39 is 5.25 Å². The van der Waals surface area contributed by atoms with Crippen LogP contribution in [0.15, 0.2) is 77.7 Å². The molecule has 27 heavy (non-hydrogen) atoms. The van der Waals surface area contributed by atoms with Crippen molar-refractivity contribution in [2.75, 3.05) is 12.4 Å². The van der Waals surface area contributed by atoms with E-state index in [4.69, 9.17) is 16.3 Å². The Kier molecular flexibility index (Phi) is 6.27. The molecule has 0 fully saturated rings. The number of thioether (sulfide) groups is 1. The summed E-state index contributed by atoms with van der Waals surface area (Å²) in [6.07, 6.45) is 0. The summed E-state index contributed by atoms with van der Waals surface area (Å²) in [6, 6.07) is 21.4. The second kappa shape index (κ2) is 8.84. The molecule has 0 aliphatic rings. The van der Waals surface area contributed by atoms with Crippen LogP contribution < -0.4 is 10.1 Å². The van der Waals surface area contributed by atoms with Crippen LogP contribution in [0.1, 0.15) is 10.8 Å². The fourth-order valence-electron chi connectivity index (χ4n) is 2.51. The minimum Gasteiger partial charge on any atom is -0.508 e. The number of amides is 1. The molecule has 0 radical (unpaired) electrons. The number of carbonyl (C=O) groups excluding carboxylic acids is 1. The lowest BCUT2D eigenvalue weighted by Gasteiger charge is -2.17. The van der Waals surface area contributed by atoms with Crippen LogP contribution in [0.3, 0.4) is 0 Å². The zero-order chi connectivity index (χ0) is 19.2. The van der Waals surface area contributed by atoms with Crippen LogP contribution in [-0.4, -0.2) is 18.1 Å². The molecule has 2 N–H and O–H groups in total. The zero-order valence-corrected chi connectivity index (χ0v) is 16.1. The van der Waals surface area contributed by atoms with Crippen molar-refractivity contribution in [2.45, 2.75) is 10.1 Å². The summed E-state index contributed by atoms with van der Waals surface area (Å²) in [4.78, 5) is 13.9. The third-order valence-corrected chi connectivity index (χ3v) is 5.41. The number of phenolic OH excluding ortho intramolecular Hbond substituents is 1. The van der Waals surface area contributed by atoms with Crippen molar-refractivity contribution in [2.24, 2.45) is 0 Å². The number of rotatable bonds is 6. The number of halogens is 1. The van der Waals surface area contributed by atoms with Crippen molar-refractivity contribution in [3.8, 4) is 11.5 Å². The Morgan fingerprint density at radius 1 is 1.07 bits per heavy atom. The van der Waals surface area contributed by atoms with Crippen molar-refractivity contribution in [1.29, 1.82) is 0 Å². The lowest BCUT2D eigenvalue weighted by atomic mass is 10.1. The van der Waals surface area contributed by atoms with Crippen molar-refractivity contribution in [3.63, 3.8) is 0 Å². The predicted molar refractivity (Wildman–Crippen MR) is 110 cm³/mol. The standard InChI is InChI=1S/C21H18ClNO3S/c1-26-19-12-7-15(13-18(19)22)23-21(25)20(14-5-3-2-4-6-14)27-17-10-8-16(24)9-11-17/h2-13,20,24H,1H3,(H,23,25). The van der Waals surface area contributed by atoms with Gasteiger partial charge in [0.1, 0.15) is 16.7 Å². The van der Waals surface area contributed by atoms with Crippen molar-refractivity contribution >= 4 is 35.0 Å². The predicted octanol–water partition coefficient (Wildman–Crippen LogP) is 5.53. The lowest BCUT2D eigenvalue weighted by molar-refractivity contribution is -0.115. The van der Waals surface area contributed by atoms with Gasteiger partial charge in [-0.25, -0.2) is 0 Å². The fourth-order valence-corrected chi connectivity index (χ4v) is 3.80. The third kappa shape index (κ3) is 4.96. The Balaban J connectivity index is 1.84. The Labute approximate surface area is 167 Å². The Hall–Kier alpha value is -2.63. The minimum absolute atomic E-state index is 0.166. The molecule has 3 rings (SSSR count). The maximum absolute atomic E-state index is 13.0. The maximum atomic E-state index is 13.0. The molecule has 6 heteroatoms. The highest BCUT2D eigenvalue weighted by Gasteiger charge is 2.22. The van der Waals surface area contributed by atoms with Crippen LogP contribution in [0.2, 0.25) is 5.02 Å². The van der Waals surface area contributed by atoms with Gasteiger partial charge in [0.25, 0.3) is 0 Å². The Morgan fingerprint density at radius 2 is 1.78 bits per heavy atom. The summed E-state index contributed by atoms with van der Waals surface area (Å²) in [7, 11) is 1.54. The van der Waals surface area contributed by atoms with Gasteiger partial charge in [-0.05, 0) is 48.0 Å². The molecule has 1 atom stereocenters. The minimum atomic E-state index is -0.461. The second-order valence-corrected chi connectivity index (χ2v) is 7.33. The van der Waals surface area contributed by atoms with E-state index in [0.29, 0.717) is 16.5 Å². The highest BCUT2D eigenvalue weighted by Crippen LogP contribution is 2.37. The molecular formula is C21H18ClNO3S. The summed E-state index contributed by atoms with van der Waals surface area (Å²) >= 11 is 7.56. The highest BCUT2D eigenvalue weighted by molar-refractivity contribution is 8.00. The van der Waals surface area contributed by atoms with Gasteiger partial charge in [0.2, 0.25) is 5.91 Å². The summed E-state index contributed by atoms with van der Waals surface area (Å²) in [5.41, 5.74) is 1.48. The lowest BCUT2D eigenvalue weighted by Crippen LogP contribution is -2.19. The SMILES string of the molecule is COc1ccc(NC(=O)C(Sc2ccc(O)cc2)c2ccccc2)cc1Cl. The highest BCUT2D eigenvalue weighted by atomic mass is 35.5. The summed E-state index contributed by atoms with van der Waals surface area (Å²) < 4.78 is 5.14. The van der Waals surface area contributed by atoms with E-state index in [-0.39, 0.29) is 11.7 Å². The average molecular weight is 400 g/mol. The van der Waals surface area contributed by atoms with Gasteiger partial charge >= 0.3 is 0 Å². The van der Waals surface area contributed by atoms with Gasteiger partial charge in [0.15, 0.2) is 0 Å². The van der Waals surface area contributed by atoms with Gasteiger partial charge in [-0.15, -0.1) is 11.8 Å². The molecule has 1 amide bonds. The molecule has 4 nitrogen and oxygen atoms in total. The van der Waals surface area contributed by atoms with E-state index in [0.717, 1.165) is 10.5 Å². The number of hydrogen-bond acceptors (Lipinski definition) is 4. The average Bonchev–Trinajstić information content (AvgIpc) is 2.68. The number of carbonyl (C=O) groups is 1. The third-order valence-electron chi connectivity index (χ3n) is 3.85. The number of anilines is 1. The molecular weight excluding hydrogens is 382 g/mol. The molecule has 0 aliphatic heterocycles. The van der Waals surface area contributed by atoms with Crippen LogP contribution in [0, 0.1) is 0 Å². The number of benzene rings is 3. The quantitative estimate of drug-likeness (QED) is 0.535. The molecule has 0 spiro atoms. The first kappa shape index (κ1) is 19.1. The molecule has 3 aromatic rings. The largest absolute Gasteiger partial charge is 0.508 e. The van der Waals surface area contributed by atoms with Gasteiger partial charge in [-0.1, -0.05) is 41.9 Å². The van der Waals surface area contributed by atoms with Crippen molar-refractivity contribution < 1.29 is 14.6 Å². The summed E-state index contributed by atoms with van der Waals surface area (Å²) in [5.74, 6) is 0.571. The molecule has 0 bridgehead atoms. The molecule has 0 aromatic heterocycles. The Bertz CT molecular complexity index is 916. The van der Waals surface area contributed by atoms with Crippen molar-refractivity contribution in [3.05, 3.63) is 83.4 Å². The smallest absolute Gasteiger partial charge is 0.242 e. The van der Waals surface area contributed by atoms with Gasteiger partial charge in [-0.3, -0.25) is 4.79 Å². The summed E-state index contributed by atoms with van der Waals surface area (Å²) in [5, 5.41) is 12.4. The number of ether oxygens (including phenoxy) is 1. The number of hydrogen-bond donors (Lipinski definition) is 2. The zero-order valence-electron chi connectivity index (χ0n) is 14.6. The topological polar surface area (TPSA) is 58.6 Å². The van der Waals surface area contributed by atoms with Crippen LogP contribution >= 0.6 is 23.4 Å². The molecule has 3 aromatic carbocycles. The van der Waals surface area contributed by atoms with Gasteiger partial charge < -0.3 is 15.2 Å². The number of nitrogens with one attached hydrogen (secondary N) is 1. The van der Waals surface area contributed by atoms with Gasteiger partial charge in [0.05, 0.1) is 12.1 Å². The molecule has 1 unspecified atom stereocenters. The number of methoxy groups -OCH3 is 1. The molecule has 0 heterocycles. The summed E-state index contributed by atoms with van der Waals surface area (Å²) in [6.45, 7) is 0. The molecule has 0 saturated carbocycles. The van der Waals surface area contributed by atoms with E-state index in [2.05, 4.69) is 5.32 Å². The first-order valence-corrected chi connectivity index (χ1v) is 9.47. The van der Waals surface area contributed by atoms with Crippen LogP contribution in [-0.2, 0) is 4.79 Å². The van der Waals surface area contributed by atoms with Crippen LogP contribution in [0.4, 0.5) is 5.69 Å². The number of phenols is 1.